The lowest BCUT2D eigenvalue weighted by atomic mass is 9.94. The average molecular weight is 196 g/mol. The van der Waals surface area contributed by atoms with Crippen LogP contribution in [0.4, 0.5) is 0 Å². The third kappa shape index (κ3) is 2.18. The molecule has 2 heteroatoms. The van der Waals surface area contributed by atoms with Crippen LogP contribution < -0.4 is 0 Å². The Bertz CT molecular complexity index is 218. The third-order valence-corrected chi connectivity index (χ3v) is 3.31. The average Bonchev–Trinajstić information content (AvgIpc) is 2.97. The van der Waals surface area contributed by atoms with E-state index >= 15 is 0 Å². The van der Waals surface area contributed by atoms with Crippen molar-refractivity contribution in [3.05, 3.63) is 11.6 Å². The van der Waals surface area contributed by atoms with Gasteiger partial charge in [0.1, 0.15) is 0 Å². The van der Waals surface area contributed by atoms with Gasteiger partial charge >= 0.3 is 0 Å². The van der Waals surface area contributed by atoms with Crippen LogP contribution in [0, 0.1) is 5.41 Å². The molecule has 80 valence electrons. The molecule has 1 saturated heterocycles. The van der Waals surface area contributed by atoms with E-state index in [0.717, 1.165) is 19.8 Å². The van der Waals surface area contributed by atoms with Crippen molar-refractivity contribution in [1.82, 2.24) is 0 Å². The van der Waals surface area contributed by atoms with Crippen LogP contribution in [0.3, 0.4) is 0 Å². The van der Waals surface area contributed by atoms with E-state index in [1.54, 1.807) is 0 Å². The summed E-state index contributed by atoms with van der Waals surface area (Å²) in [5.74, 6) is 0. The minimum absolute atomic E-state index is 0.354. The molecule has 2 aliphatic rings. The van der Waals surface area contributed by atoms with Crippen molar-refractivity contribution in [2.75, 3.05) is 19.8 Å². The highest BCUT2D eigenvalue weighted by molar-refractivity contribution is 5.07. The molecule has 2 fully saturated rings. The molecule has 0 amide bonds. The molecule has 0 aromatic heterocycles. The van der Waals surface area contributed by atoms with Crippen LogP contribution in [0.5, 0.6) is 0 Å². The first kappa shape index (κ1) is 10.2. The molecule has 1 heterocycles. The summed E-state index contributed by atoms with van der Waals surface area (Å²) in [4.78, 5) is 0. The molecule has 0 bridgehead atoms. The molecule has 1 aliphatic heterocycles. The van der Waals surface area contributed by atoms with E-state index in [1.807, 2.05) is 0 Å². The van der Waals surface area contributed by atoms with Gasteiger partial charge in [-0.15, -0.1) is 0 Å². The number of allylic oxidation sites excluding steroid dienone is 2. The third-order valence-electron chi connectivity index (χ3n) is 3.31. The Hall–Kier alpha value is -0.340. The van der Waals surface area contributed by atoms with Crippen molar-refractivity contribution in [3.8, 4) is 0 Å². The Balaban J connectivity index is 1.91. The van der Waals surface area contributed by atoms with E-state index in [4.69, 9.17) is 9.47 Å². The van der Waals surface area contributed by atoms with E-state index in [-0.39, 0.29) is 0 Å². The lowest BCUT2D eigenvalue weighted by Crippen LogP contribution is -2.36. The fourth-order valence-corrected chi connectivity index (χ4v) is 2.07. The summed E-state index contributed by atoms with van der Waals surface area (Å²) in [6, 6.07) is 0. The van der Waals surface area contributed by atoms with Crippen molar-refractivity contribution in [2.45, 2.75) is 39.2 Å². The zero-order valence-electron chi connectivity index (χ0n) is 9.21. The minimum Gasteiger partial charge on any atom is -0.376 e. The molecule has 1 atom stereocenters. The quantitative estimate of drug-likeness (QED) is 0.646. The normalized spacial score (nSPS) is 29.7. The standard InChI is InChI=1S/C12H20O2/c1-10(2)3-4-12(5-6-12)11-9-13-7-8-14-11/h3,11H,4-9H2,1-2H3. The highest BCUT2D eigenvalue weighted by Crippen LogP contribution is 2.53. The van der Waals surface area contributed by atoms with Gasteiger partial charge in [0.2, 0.25) is 0 Å². The Morgan fingerprint density at radius 2 is 2.14 bits per heavy atom. The van der Waals surface area contributed by atoms with Crippen LogP contribution in [0.1, 0.15) is 33.1 Å². The summed E-state index contributed by atoms with van der Waals surface area (Å²) in [6.07, 6.45) is 6.48. The number of rotatable bonds is 3. The fraction of sp³-hybridized carbons (Fsp3) is 0.833. The summed E-state index contributed by atoms with van der Waals surface area (Å²) < 4.78 is 11.3. The first-order chi connectivity index (χ1) is 6.73. The van der Waals surface area contributed by atoms with Crippen molar-refractivity contribution in [3.63, 3.8) is 0 Å². The summed E-state index contributed by atoms with van der Waals surface area (Å²) in [5.41, 5.74) is 1.84. The molecule has 0 aromatic carbocycles. The van der Waals surface area contributed by atoms with Gasteiger partial charge in [-0.2, -0.15) is 0 Å². The topological polar surface area (TPSA) is 18.5 Å². The van der Waals surface area contributed by atoms with Crippen molar-refractivity contribution < 1.29 is 9.47 Å². The molecule has 0 aromatic rings. The Morgan fingerprint density at radius 1 is 1.36 bits per heavy atom. The van der Waals surface area contributed by atoms with Gasteiger partial charge in [0.15, 0.2) is 0 Å². The maximum atomic E-state index is 5.78. The number of ether oxygens (including phenoxy) is 2. The summed E-state index contributed by atoms with van der Waals surface area (Å²) in [7, 11) is 0. The van der Waals surface area contributed by atoms with Gasteiger partial charge in [0.05, 0.1) is 25.9 Å². The van der Waals surface area contributed by atoms with Gasteiger partial charge < -0.3 is 9.47 Å². The zero-order valence-corrected chi connectivity index (χ0v) is 9.21. The van der Waals surface area contributed by atoms with E-state index in [0.29, 0.717) is 11.5 Å². The van der Waals surface area contributed by atoms with Crippen LogP contribution in [-0.4, -0.2) is 25.9 Å². The second-order valence-corrected chi connectivity index (χ2v) is 4.78. The SMILES string of the molecule is CC(C)=CCC1(C2COCCO2)CC1. The molecule has 1 unspecified atom stereocenters. The van der Waals surface area contributed by atoms with E-state index in [2.05, 4.69) is 19.9 Å². The van der Waals surface area contributed by atoms with Gasteiger partial charge in [-0.25, -0.2) is 0 Å². The first-order valence-electron chi connectivity index (χ1n) is 5.56. The van der Waals surface area contributed by atoms with Gasteiger partial charge in [-0.05, 0) is 33.1 Å². The molecule has 0 radical (unpaired) electrons. The molecule has 0 N–H and O–H groups in total. The van der Waals surface area contributed by atoms with Crippen LogP contribution in [0.25, 0.3) is 0 Å². The van der Waals surface area contributed by atoms with Gasteiger partial charge in [-0.1, -0.05) is 11.6 Å². The molecule has 2 rings (SSSR count). The molecular formula is C12H20O2. The van der Waals surface area contributed by atoms with Crippen LogP contribution in [-0.2, 0) is 9.47 Å². The summed E-state index contributed by atoms with van der Waals surface area (Å²) >= 11 is 0. The van der Waals surface area contributed by atoms with Crippen LogP contribution in [0.15, 0.2) is 11.6 Å². The largest absolute Gasteiger partial charge is 0.376 e. The van der Waals surface area contributed by atoms with Crippen molar-refractivity contribution in [1.29, 1.82) is 0 Å². The first-order valence-corrected chi connectivity index (χ1v) is 5.56. The van der Waals surface area contributed by atoms with E-state index < -0.39 is 0 Å². The summed E-state index contributed by atoms with van der Waals surface area (Å²) in [5, 5.41) is 0. The Labute approximate surface area is 86.3 Å². The van der Waals surface area contributed by atoms with Crippen molar-refractivity contribution in [2.24, 2.45) is 5.41 Å². The smallest absolute Gasteiger partial charge is 0.0868 e. The fourth-order valence-electron chi connectivity index (χ4n) is 2.07. The molecule has 1 aliphatic carbocycles. The lowest BCUT2D eigenvalue weighted by Gasteiger charge is -2.30. The van der Waals surface area contributed by atoms with Crippen molar-refractivity contribution >= 4 is 0 Å². The van der Waals surface area contributed by atoms with E-state index in [9.17, 15) is 0 Å². The monoisotopic (exact) mass is 196 g/mol. The zero-order chi connectivity index (χ0) is 10.0. The van der Waals surface area contributed by atoms with Gasteiger partial charge in [0.25, 0.3) is 0 Å². The maximum absolute atomic E-state index is 5.78. The highest BCUT2D eigenvalue weighted by atomic mass is 16.6. The predicted molar refractivity (Wildman–Crippen MR) is 56.3 cm³/mol. The minimum atomic E-state index is 0.354. The number of hydrogen-bond donors (Lipinski definition) is 0. The van der Waals surface area contributed by atoms with Gasteiger partial charge in [-0.3, -0.25) is 0 Å². The van der Waals surface area contributed by atoms with E-state index in [1.165, 1.54) is 24.8 Å². The molecule has 1 saturated carbocycles. The molecule has 14 heavy (non-hydrogen) atoms. The Kier molecular flexibility index (Phi) is 2.93. The number of hydrogen-bond acceptors (Lipinski definition) is 2. The second kappa shape index (κ2) is 4.03. The lowest BCUT2D eigenvalue weighted by molar-refractivity contribution is -0.117. The van der Waals surface area contributed by atoms with Crippen LogP contribution in [0.2, 0.25) is 0 Å². The highest BCUT2D eigenvalue weighted by Gasteiger charge is 2.49. The molecule has 0 spiro atoms. The maximum Gasteiger partial charge on any atom is 0.0868 e. The second-order valence-electron chi connectivity index (χ2n) is 4.78. The van der Waals surface area contributed by atoms with Crippen LogP contribution >= 0.6 is 0 Å². The molecular weight excluding hydrogens is 176 g/mol. The van der Waals surface area contributed by atoms with Gasteiger partial charge in [0, 0.05) is 5.41 Å². The summed E-state index contributed by atoms with van der Waals surface area (Å²) in [6.45, 7) is 6.68. The Morgan fingerprint density at radius 3 is 2.64 bits per heavy atom. The predicted octanol–water partition coefficient (Wildman–Crippen LogP) is 2.54. The molecule has 2 nitrogen and oxygen atoms in total.